The van der Waals surface area contributed by atoms with E-state index in [-0.39, 0.29) is 11.8 Å². The molecule has 144 valence electrons. The summed E-state index contributed by atoms with van der Waals surface area (Å²) >= 11 is 0. The topological polar surface area (TPSA) is 48.8 Å². The van der Waals surface area contributed by atoms with E-state index in [2.05, 4.69) is 0 Å². The van der Waals surface area contributed by atoms with E-state index in [9.17, 15) is 9.59 Å². The van der Waals surface area contributed by atoms with Crippen molar-refractivity contribution in [1.82, 2.24) is 14.4 Å². The summed E-state index contributed by atoms with van der Waals surface area (Å²) in [5.74, 6) is 0.168. The van der Waals surface area contributed by atoms with E-state index in [1.807, 2.05) is 83.1 Å². The van der Waals surface area contributed by atoms with Crippen molar-refractivity contribution in [2.75, 3.05) is 45.2 Å². The Morgan fingerprint density at radius 3 is 2.48 bits per heavy atom. The predicted molar refractivity (Wildman–Crippen MR) is 107 cm³/mol. The van der Waals surface area contributed by atoms with Crippen LogP contribution in [0.1, 0.15) is 22.3 Å². The molecule has 1 fully saturated rings. The minimum absolute atomic E-state index is 0.0380. The Labute approximate surface area is 161 Å². The molecular weight excluding hydrogens is 340 g/mol. The first-order chi connectivity index (χ1) is 12.9. The van der Waals surface area contributed by atoms with Crippen LogP contribution in [-0.4, -0.2) is 66.5 Å². The highest BCUT2D eigenvalue weighted by Gasteiger charge is 2.23. The highest BCUT2D eigenvalue weighted by molar-refractivity contribution is 5.95. The normalized spacial score (nSPS) is 14.8. The molecule has 0 saturated carbocycles. The molecule has 0 aliphatic carbocycles. The largest absolute Gasteiger partial charge is 0.378 e. The van der Waals surface area contributed by atoms with Crippen molar-refractivity contribution < 1.29 is 9.59 Å². The van der Waals surface area contributed by atoms with E-state index >= 15 is 0 Å². The first-order valence-electron chi connectivity index (χ1n) is 9.39. The zero-order valence-electron chi connectivity index (χ0n) is 16.4. The number of benzene rings is 1. The van der Waals surface area contributed by atoms with Gasteiger partial charge < -0.3 is 19.3 Å². The number of anilines is 1. The maximum absolute atomic E-state index is 12.9. The lowest BCUT2D eigenvalue weighted by atomic mass is 10.1. The van der Waals surface area contributed by atoms with Crippen LogP contribution in [-0.2, 0) is 18.3 Å². The molecule has 0 N–H and O–H groups in total. The van der Waals surface area contributed by atoms with Crippen molar-refractivity contribution >= 4 is 17.5 Å². The number of carbonyl (C=O) groups is 2. The number of aromatic nitrogens is 1. The Hall–Kier alpha value is -2.76. The number of carbonyl (C=O) groups excluding carboxylic acids is 2. The Morgan fingerprint density at radius 2 is 1.78 bits per heavy atom. The summed E-state index contributed by atoms with van der Waals surface area (Å²) in [5.41, 5.74) is 2.74. The van der Waals surface area contributed by atoms with Gasteiger partial charge in [-0.25, -0.2) is 0 Å². The molecular formula is C21H28N4O2. The average molecular weight is 368 g/mol. The molecule has 1 aromatic heterocycles. The lowest BCUT2D eigenvalue weighted by Gasteiger charge is -2.23. The van der Waals surface area contributed by atoms with Crippen LogP contribution in [0.3, 0.4) is 0 Å². The smallest absolute Gasteiger partial charge is 0.253 e. The number of hydrogen-bond acceptors (Lipinski definition) is 3. The lowest BCUT2D eigenvalue weighted by Crippen LogP contribution is -2.38. The van der Waals surface area contributed by atoms with Crippen LogP contribution < -0.4 is 4.90 Å². The minimum Gasteiger partial charge on any atom is -0.378 e. The predicted octanol–water partition coefficient (Wildman–Crippen LogP) is 2.01. The van der Waals surface area contributed by atoms with Gasteiger partial charge in [0.15, 0.2) is 0 Å². The van der Waals surface area contributed by atoms with Gasteiger partial charge in [0.2, 0.25) is 5.91 Å². The Morgan fingerprint density at radius 1 is 1.04 bits per heavy atom. The fourth-order valence-corrected chi connectivity index (χ4v) is 3.42. The van der Waals surface area contributed by atoms with Crippen molar-refractivity contribution in [2.45, 2.75) is 12.8 Å². The van der Waals surface area contributed by atoms with Gasteiger partial charge in [-0.1, -0.05) is 6.07 Å². The Kier molecular flexibility index (Phi) is 5.84. The van der Waals surface area contributed by atoms with Crippen molar-refractivity contribution in [3.05, 3.63) is 53.9 Å². The summed E-state index contributed by atoms with van der Waals surface area (Å²) in [6.07, 6.45) is 5.15. The van der Waals surface area contributed by atoms with E-state index < -0.39 is 0 Å². The van der Waals surface area contributed by atoms with Crippen LogP contribution in [0, 0.1) is 0 Å². The van der Waals surface area contributed by atoms with E-state index in [0.717, 1.165) is 17.7 Å². The molecule has 27 heavy (non-hydrogen) atoms. The zero-order chi connectivity index (χ0) is 19.4. The number of nitrogens with zero attached hydrogens (tertiary/aromatic N) is 4. The van der Waals surface area contributed by atoms with Gasteiger partial charge in [0, 0.05) is 71.0 Å². The molecule has 2 amide bonds. The van der Waals surface area contributed by atoms with E-state index in [1.165, 1.54) is 0 Å². The third kappa shape index (κ3) is 4.70. The summed E-state index contributed by atoms with van der Waals surface area (Å²) in [6.45, 7) is 2.55. The quantitative estimate of drug-likeness (QED) is 0.829. The monoisotopic (exact) mass is 368 g/mol. The number of amides is 2. The van der Waals surface area contributed by atoms with Gasteiger partial charge in [-0.2, -0.15) is 0 Å². The van der Waals surface area contributed by atoms with Crippen LogP contribution in [0.5, 0.6) is 0 Å². The highest BCUT2D eigenvalue weighted by atomic mass is 16.2. The lowest BCUT2D eigenvalue weighted by molar-refractivity contribution is -0.130. The van der Waals surface area contributed by atoms with Gasteiger partial charge in [-0.05, 0) is 36.2 Å². The maximum atomic E-state index is 12.9. The summed E-state index contributed by atoms with van der Waals surface area (Å²) in [4.78, 5) is 31.2. The summed E-state index contributed by atoms with van der Waals surface area (Å²) in [7, 11) is 5.88. The molecule has 1 aliphatic heterocycles. The first kappa shape index (κ1) is 19.0. The van der Waals surface area contributed by atoms with Crippen LogP contribution in [0.15, 0.2) is 42.7 Å². The van der Waals surface area contributed by atoms with Gasteiger partial charge >= 0.3 is 0 Å². The molecule has 1 aromatic carbocycles. The molecule has 2 aromatic rings. The molecule has 0 bridgehead atoms. The molecule has 1 saturated heterocycles. The first-order valence-corrected chi connectivity index (χ1v) is 9.39. The van der Waals surface area contributed by atoms with E-state index in [1.54, 1.807) is 0 Å². The third-order valence-corrected chi connectivity index (χ3v) is 4.99. The van der Waals surface area contributed by atoms with Crippen LogP contribution in [0.2, 0.25) is 0 Å². The molecule has 0 radical (unpaired) electrons. The number of aryl methyl sites for hydroxylation is 1. The van der Waals surface area contributed by atoms with Crippen LogP contribution in [0.4, 0.5) is 5.69 Å². The minimum atomic E-state index is 0.0380. The Balaban J connectivity index is 1.61. The maximum Gasteiger partial charge on any atom is 0.253 e. The molecule has 3 rings (SSSR count). The summed E-state index contributed by atoms with van der Waals surface area (Å²) < 4.78 is 1.95. The van der Waals surface area contributed by atoms with Crippen molar-refractivity contribution in [1.29, 1.82) is 0 Å². The van der Waals surface area contributed by atoms with Gasteiger partial charge in [0.05, 0.1) is 6.42 Å². The van der Waals surface area contributed by atoms with Gasteiger partial charge in [-0.3, -0.25) is 9.59 Å². The standard InChI is InChI=1S/C21H28N4O2/c1-22(2)19-7-4-6-18(15-19)21(27)25-10-5-9-24(12-13-25)20(26)14-17-8-11-23(3)16-17/h4,6-8,11,15-16H,5,9-10,12-14H2,1-3H3. The third-order valence-electron chi connectivity index (χ3n) is 4.99. The van der Waals surface area contributed by atoms with Crippen molar-refractivity contribution in [2.24, 2.45) is 7.05 Å². The molecule has 6 nitrogen and oxygen atoms in total. The fraction of sp³-hybridized carbons (Fsp3) is 0.429. The van der Waals surface area contributed by atoms with E-state index in [0.29, 0.717) is 38.2 Å². The van der Waals surface area contributed by atoms with Crippen molar-refractivity contribution in [3.63, 3.8) is 0 Å². The highest BCUT2D eigenvalue weighted by Crippen LogP contribution is 2.16. The SMILES string of the molecule is CN(C)c1cccc(C(=O)N2CCCN(C(=O)Cc3ccn(C)c3)CC2)c1. The Bertz CT molecular complexity index is 812. The van der Waals surface area contributed by atoms with E-state index in [4.69, 9.17) is 0 Å². The van der Waals surface area contributed by atoms with Crippen LogP contribution >= 0.6 is 0 Å². The second-order valence-electron chi connectivity index (χ2n) is 7.33. The van der Waals surface area contributed by atoms with Crippen molar-refractivity contribution in [3.8, 4) is 0 Å². The van der Waals surface area contributed by atoms with Gasteiger partial charge in [0.25, 0.3) is 5.91 Å². The molecule has 0 atom stereocenters. The summed E-state index contributed by atoms with van der Waals surface area (Å²) in [5, 5.41) is 0. The molecule has 0 unspecified atom stereocenters. The zero-order valence-corrected chi connectivity index (χ0v) is 16.4. The second-order valence-corrected chi connectivity index (χ2v) is 7.33. The molecule has 2 heterocycles. The number of rotatable bonds is 4. The molecule has 6 heteroatoms. The second kappa shape index (κ2) is 8.29. The summed E-state index contributed by atoms with van der Waals surface area (Å²) in [6, 6.07) is 9.66. The molecule has 0 spiro atoms. The fourth-order valence-electron chi connectivity index (χ4n) is 3.42. The van der Waals surface area contributed by atoms with Crippen LogP contribution in [0.25, 0.3) is 0 Å². The van der Waals surface area contributed by atoms with Gasteiger partial charge in [0.1, 0.15) is 0 Å². The average Bonchev–Trinajstić information content (AvgIpc) is 2.92. The molecule has 1 aliphatic rings. The van der Waals surface area contributed by atoms with Gasteiger partial charge in [-0.15, -0.1) is 0 Å². The number of hydrogen-bond donors (Lipinski definition) is 0.